The number of hydrogen-bond donors (Lipinski definition) is 0. The third kappa shape index (κ3) is 6.14. The number of pyridine rings is 2. The molecule has 0 aliphatic heterocycles. The Bertz CT molecular complexity index is 398. The number of unbranched alkanes of at least 4 members (excludes halogenated alkanes) is 1. The van der Waals surface area contributed by atoms with Gasteiger partial charge >= 0.3 is 0 Å². The van der Waals surface area contributed by atoms with E-state index < -0.39 is 0 Å². The summed E-state index contributed by atoms with van der Waals surface area (Å²) in [6.07, 6.45) is 10.9. The summed E-state index contributed by atoms with van der Waals surface area (Å²) in [4.78, 5) is 0. The van der Waals surface area contributed by atoms with Crippen molar-refractivity contribution in [1.29, 1.82) is 0 Å². The number of hydrogen-bond acceptors (Lipinski definition) is 0. The summed E-state index contributed by atoms with van der Waals surface area (Å²) in [5.74, 6) is 0. The van der Waals surface area contributed by atoms with Crippen LogP contribution in [0, 0.1) is 0 Å². The van der Waals surface area contributed by atoms with Gasteiger partial charge in [-0.1, -0.05) is 25.5 Å². The molecule has 2 heterocycles. The third-order valence-corrected chi connectivity index (χ3v) is 2.69. The molecule has 96 valence electrons. The van der Waals surface area contributed by atoms with E-state index in [-0.39, 0.29) is 0 Å². The van der Waals surface area contributed by atoms with Crippen LogP contribution >= 0.6 is 0 Å². The summed E-state index contributed by atoms with van der Waals surface area (Å²) in [5, 5.41) is 0. The highest BCUT2D eigenvalue weighted by Gasteiger charge is 1.93. The highest BCUT2D eigenvalue weighted by Crippen LogP contribution is 1.85. The molecule has 0 radical (unpaired) electrons. The van der Waals surface area contributed by atoms with E-state index in [1.54, 1.807) is 0 Å². The van der Waals surface area contributed by atoms with Crippen LogP contribution < -0.4 is 9.13 Å². The lowest BCUT2D eigenvalue weighted by Gasteiger charge is -1.91. The molecular formula is C16H24N2+2. The van der Waals surface area contributed by atoms with E-state index in [4.69, 9.17) is 0 Å². The zero-order chi connectivity index (χ0) is 13.1. The van der Waals surface area contributed by atoms with Gasteiger partial charge in [-0.15, -0.1) is 0 Å². The van der Waals surface area contributed by atoms with Crippen molar-refractivity contribution in [3.8, 4) is 0 Å². The molecule has 2 aromatic rings. The first-order chi connectivity index (χ1) is 8.86. The Morgan fingerprint density at radius 1 is 0.667 bits per heavy atom. The Morgan fingerprint density at radius 2 is 1.17 bits per heavy atom. The summed E-state index contributed by atoms with van der Waals surface area (Å²) < 4.78 is 4.34. The molecule has 18 heavy (non-hydrogen) atoms. The predicted molar refractivity (Wildman–Crippen MR) is 73.9 cm³/mol. The molecule has 2 rings (SSSR count). The lowest BCUT2D eigenvalue weighted by Crippen LogP contribution is -2.31. The minimum Gasteiger partial charge on any atom is -0.205 e. The Kier molecular flexibility index (Phi) is 7.45. The third-order valence-electron chi connectivity index (χ3n) is 2.69. The molecule has 0 aromatic carbocycles. The second-order valence-corrected chi connectivity index (χ2v) is 4.17. The van der Waals surface area contributed by atoms with Gasteiger partial charge in [0.1, 0.15) is 13.1 Å². The molecule has 0 saturated carbocycles. The maximum Gasteiger partial charge on any atom is 0.168 e. The summed E-state index contributed by atoms with van der Waals surface area (Å²) in [6, 6.07) is 12.3. The molecule has 2 nitrogen and oxygen atoms in total. The van der Waals surface area contributed by atoms with E-state index in [9.17, 15) is 0 Å². The van der Waals surface area contributed by atoms with E-state index >= 15 is 0 Å². The van der Waals surface area contributed by atoms with Gasteiger partial charge in [0.15, 0.2) is 24.8 Å². The summed E-state index contributed by atoms with van der Waals surface area (Å²) in [6.45, 7) is 6.54. The van der Waals surface area contributed by atoms with E-state index in [0.717, 1.165) is 13.1 Å². The van der Waals surface area contributed by atoms with Crippen molar-refractivity contribution < 1.29 is 9.13 Å². The lowest BCUT2D eigenvalue weighted by molar-refractivity contribution is -0.697. The van der Waals surface area contributed by atoms with Gasteiger partial charge in [-0.2, -0.15) is 0 Å². The van der Waals surface area contributed by atoms with Crippen LogP contribution in [0.25, 0.3) is 0 Å². The first kappa shape index (κ1) is 14.4. The lowest BCUT2D eigenvalue weighted by atomic mass is 10.3. The van der Waals surface area contributed by atoms with E-state index in [0.29, 0.717) is 0 Å². The van der Waals surface area contributed by atoms with Gasteiger partial charge in [0, 0.05) is 30.7 Å². The van der Waals surface area contributed by atoms with Crippen LogP contribution in [-0.4, -0.2) is 0 Å². The molecule has 2 aromatic heterocycles. The monoisotopic (exact) mass is 244 g/mol. The first-order valence-corrected chi connectivity index (χ1v) is 6.75. The van der Waals surface area contributed by atoms with Crippen LogP contribution in [0.1, 0.15) is 26.7 Å². The molecule has 0 N–H and O–H groups in total. The number of rotatable bonds is 4. The standard InChI is InChI=1S/C9H14N.C7H10N/c1-2-3-7-10-8-5-4-6-9-10;1-2-8-6-4-3-5-7-8/h4-6,8-9H,2-3,7H2,1H3;3-7H,2H2,1H3/q2*+1. The Balaban J connectivity index is 0.000000184. The van der Waals surface area contributed by atoms with Crippen molar-refractivity contribution in [3.05, 3.63) is 61.2 Å². The number of aryl methyl sites for hydroxylation is 2. The number of aromatic nitrogens is 2. The van der Waals surface area contributed by atoms with Crippen LogP contribution in [0.3, 0.4) is 0 Å². The topological polar surface area (TPSA) is 7.76 Å². The molecule has 0 bridgehead atoms. The molecule has 0 aliphatic rings. The van der Waals surface area contributed by atoms with Gasteiger partial charge in [0.2, 0.25) is 0 Å². The van der Waals surface area contributed by atoms with Crippen LogP contribution in [-0.2, 0) is 13.1 Å². The first-order valence-electron chi connectivity index (χ1n) is 6.75. The van der Waals surface area contributed by atoms with Gasteiger partial charge < -0.3 is 0 Å². The fraction of sp³-hybridized carbons (Fsp3) is 0.375. The second-order valence-electron chi connectivity index (χ2n) is 4.17. The maximum absolute atomic E-state index is 2.21. The maximum atomic E-state index is 2.21. The Morgan fingerprint density at radius 3 is 1.56 bits per heavy atom. The zero-order valence-electron chi connectivity index (χ0n) is 11.5. The van der Waals surface area contributed by atoms with E-state index in [2.05, 4.69) is 59.9 Å². The van der Waals surface area contributed by atoms with Crippen molar-refractivity contribution in [3.63, 3.8) is 0 Å². The summed E-state index contributed by atoms with van der Waals surface area (Å²) in [7, 11) is 0. The molecule has 0 fully saturated rings. The SMILES string of the molecule is CCCC[n+]1ccccc1.CC[n+]1ccccc1. The molecule has 0 saturated heterocycles. The van der Waals surface area contributed by atoms with Crippen LogP contribution in [0.2, 0.25) is 0 Å². The normalized spacial score (nSPS) is 9.44. The highest BCUT2D eigenvalue weighted by atomic mass is 14.9. The molecule has 0 atom stereocenters. The van der Waals surface area contributed by atoms with E-state index in [1.165, 1.54) is 12.8 Å². The molecule has 0 unspecified atom stereocenters. The molecular weight excluding hydrogens is 220 g/mol. The summed E-state index contributed by atoms with van der Waals surface area (Å²) >= 11 is 0. The fourth-order valence-corrected chi connectivity index (χ4v) is 1.57. The highest BCUT2D eigenvalue weighted by molar-refractivity contribution is 4.83. The minimum absolute atomic E-state index is 1.06. The van der Waals surface area contributed by atoms with Gasteiger partial charge in [0.05, 0.1) is 0 Å². The Labute approximate surface area is 111 Å². The smallest absolute Gasteiger partial charge is 0.168 e. The van der Waals surface area contributed by atoms with Crippen molar-refractivity contribution in [2.75, 3.05) is 0 Å². The fourth-order valence-electron chi connectivity index (χ4n) is 1.57. The van der Waals surface area contributed by atoms with Crippen molar-refractivity contribution in [2.24, 2.45) is 0 Å². The van der Waals surface area contributed by atoms with Crippen molar-refractivity contribution >= 4 is 0 Å². The molecule has 0 aliphatic carbocycles. The largest absolute Gasteiger partial charge is 0.205 e. The molecule has 0 amide bonds. The van der Waals surface area contributed by atoms with Crippen LogP contribution in [0.5, 0.6) is 0 Å². The molecule has 0 spiro atoms. The average molecular weight is 244 g/mol. The van der Waals surface area contributed by atoms with Gasteiger partial charge in [-0.25, -0.2) is 9.13 Å². The van der Waals surface area contributed by atoms with Crippen LogP contribution in [0.4, 0.5) is 0 Å². The van der Waals surface area contributed by atoms with Crippen molar-refractivity contribution in [1.82, 2.24) is 0 Å². The van der Waals surface area contributed by atoms with Crippen molar-refractivity contribution in [2.45, 2.75) is 39.8 Å². The molecule has 2 heteroatoms. The summed E-state index contributed by atoms with van der Waals surface area (Å²) in [5.41, 5.74) is 0. The van der Waals surface area contributed by atoms with Gasteiger partial charge in [-0.3, -0.25) is 0 Å². The average Bonchev–Trinajstić information content (AvgIpc) is 2.48. The minimum atomic E-state index is 1.06. The second kappa shape index (κ2) is 9.34. The Hall–Kier alpha value is -1.70. The van der Waals surface area contributed by atoms with Gasteiger partial charge in [-0.05, 0) is 6.92 Å². The van der Waals surface area contributed by atoms with Gasteiger partial charge in [0.25, 0.3) is 0 Å². The van der Waals surface area contributed by atoms with E-state index in [1.807, 2.05) is 24.3 Å². The number of nitrogens with zero attached hydrogens (tertiary/aromatic N) is 2. The van der Waals surface area contributed by atoms with Crippen LogP contribution in [0.15, 0.2) is 61.2 Å². The quantitative estimate of drug-likeness (QED) is 0.731. The zero-order valence-corrected chi connectivity index (χ0v) is 11.5. The predicted octanol–water partition coefficient (Wildman–Crippen LogP) is 2.77.